The van der Waals surface area contributed by atoms with Gasteiger partial charge in [0.25, 0.3) is 5.56 Å². The van der Waals surface area contributed by atoms with Crippen LogP contribution in [-0.4, -0.2) is 62.1 Å². The van der Waals surface area contributed by atoms with Crippen molar-refractivity contribution in [3.05, 3.63) is 52.8 Å². The Kier molecular flexibility index (Phi) is 6.43. The van der Waals surface area contributed by atoms with Gasteiger partial charge in [0.15, 0.2) is 0 Å². The van der Waals surface area contributed by atoms with Crippen LogP contribution in [0.5, 0.6) is 0 Å². The maximum Gasteiger partial charge on any atom is 0.267 e. The highest BCUT2D eigenvalue weighted by Gasteiger charge is 2.19. The minimum atomic E-state index is -0.288. The lowest BCUT2D eigenvalue weighted by Gasteiger charge is -2.36. The normalized spacial score (nSPS) is 14.3. The van der Waals surface area contributed by atoms with Crippen molar-refractivity contribution in [1.29, 1.82) is 0 Å². The van der Waals surface area contributed by atoms with Crippen molar-refractivity contribution in [2.45, 2.75) is 6.54 Å². The molecule has 0 spiro atoms. The number of amides is 1. The van der Waals surface area contributed by atoms with E-state index >= 15 is 0 Å². The molecule has 8 heteroatoms. The second kappa shape index (κ2) is 9.18. The molecular weight excluding hydrogens is 346 g/mol. The number of ether oxygens (including phenoxy) is 1. The molecule has 1 saturated heterocycles. The lowest BCUT2D eigenvalue weighted by molar-refractivity contribution is -0.122. The van der Waals surface area contributed by atoms with E-state index in [4.69, 9.17) is 4.74 Å². The number of methoxy groups -OCH3 is 1. The maximum absolute atomic E-state index is 12.0. The van der Waals surface area contributed by atoms with Crippen LogP contribution in [0.3, 0.4) is 0 Å². The van der Waals surface area contributed by atoms with Crippen LogP contribution in [0.25, 0.3) is 0 Å². The topological polar surface area (TPSA) is 79.7 Å². The van der Waals surface area contributed by atoms with E-state index in [0.717, 1.165) is 26.2 Å². The molecule has 2 aromatic rings. The van der Waals surface area contributed by atoms with E-state index in [1.54, 1.807) is 13.2 Å². The van der Waals surface area contributed by atoms with Gasteiger partial charge < -0.3 is 19.9 Å². The Balaban J connectivity index is 1.61. The first-order valence-corrected chi connectivity index (χ1v) is 9.06. The quantitative estimate of drug-likeness (QED) is 0.707. The van der Waals surface area contributed by atoms with Crippen LogP contribution >= 0.6 is 0 Å². The molecule has 0 saturated carbocycles. The summed E-state index contributed by atoms with van der Waals surface area (Å²) in [7, 11) is 1.57. The van der Waals surface area contributed by atoms with Gasteiger partial charge in [-0.2, -0.15) is 5.10 Å². The first-order valence-electron chi connectivity index (χ1n) is 9.06. The molecule has 1 aromatic carbocycles. The van der Waals surface area contributed by atoms with Crippen molar-refractivity contribution in [3.8, 4) is 0 Å². The van der Waals surface area contributed by atoms with Crippen LogP contribution in [0.15, 0.2) is 47.3 Å². The molecule has 0 bridgehead atoms. The summed E-state index contributed by atoms with van der Waals surface area (Å²) < 4.78 is 6.11. The molecular formula is C19H25N5O3. The fraction of sp³-hybridized carbons (Fsp3) is 0.421. The largest absolute Gasteiger partial charge is 0.383 e. The van der Waals surface area contributed by atoms with E-state index in [1.807, 2.05) is 18.2 Å². The van der Waals surface area contributed by atoms with Gasteiger partial charge in [-0.15, -0.1) is 0 Å². The van der Waals surface area contributed by atoms with Gasteiger partial charge in [-0.3, -0.25) is 9.59 Å². The molecule has 1 fully saturated rings. The SMILES string of the molecule is COCCNC(=O)Cn1nc(N2CCN(c3ccccc3)CC2)ccc1=O. The molecule has 3 rings (SSSR count). The minimum absolute atomic E-state index is 0.0969. The van der Waals surface area contributed by atoms with Crippen LogP contribution in [-0.2, 0) is 16.1 Å². The number of nitrogens with one attached hydrogen (secondary N) is 1. The van der Waals surface area contributed by atoms with Gasteiger partial charge in [-0.25, -0.2) is 4.68 Å². The molecule has 0 radical (unpaired) electrons. The summed E-state index contributed by atoms with van der Waals surface area (Å²) in [5.41, 5.74) is 0.923. The zero-order valence-corrected chi connectivity index (χ0v) is 15.5. The number of aromatic nitrogens is 2. The summed E-state index contributed by atoms with van der Waals surface area (Å²) in [6.07, 6.45) is 0. The summed E-state index contributed by atoms with van der Waals surface area (Å²) >= 11 is 0. The third kappa shape index (κ3) is 5.07. The Morgan fingerprint density at radius 2 is 1.78 bits per heavy atom. The van der Waals surface area contributed by atoms with E-state index in [1.165, 1.54) is 16.4 Å². The van der Waals surface area contributed by atoms with E-state index in [9.17, 15) is 9.59 Å². The minimum Gasteiger partial charge on any atom is -0.383 e. The van der Waals surface area contributed by atoms with Crippen LogP contribution in [0.4, 0.5) is 11.5 Å². The highest BCUT2D eigenvalue weighted by Crippen LogP contribution is 2.18. The van der Waals surface area contributed by atoms with Gasteiger partial charge in [-0.1, -0.05) is 18.2 Å². The van der Waals surface area contributed by atoms with Gasteiger partial charge in [0.2, 0.25) is 5.91 Å². The smallest absolute Gasteiger partial charge is 0.267 e. The fourth-order valence-corrected chi connectivity index (χ4v) is 3.04. The maximum atomic E-state index is 12.0. The first kappa shape index (κ1) is 18.9. The van der Waals surface area contributed by atoms with Crippen molar-refractivity contribution in [2.24, 2.45) is 0 Å². The highest BCUT2D eigenvalue weighted by atomic mass is 16.5. The molecule has 1 aromatic heterocycles. The van der Waals surface area contributed by atoms with E-state index in [2.05, 4.69) is 32.3 Å². The molecule has 8 nitrogen and oxygen atoms in total. The average Bonchev–Trinajstić information content (AvgIpc) is 2.71. The first-order chi connectivity index (χ1) is 13.2. The molecule has 1 aliphatic heterocycles. The summed E-state index contributed by atoms with van der Waals surface area (Å²) in [5, 5.41) is 7.08. The Bertz CT molecular complexity index is 800. The number of nitrogens with zero attached hydrogens (tertiary/aromatic N) is 4. The summed E-state index contributed by atoms with van der Waals surface area (Å²) in [6.45, 7) is 4.11. The molecule has 27 heavy (non-hydrogen) atoms. The predicted octanol–water partition coefficient (Wildman–Crippen LogP) is 0.333. The van der Waals surface area contributed by atoms with Crippen molar-refractivity contribution in [1.82, 2.24) is 15.1 Å². The number of anilines is 2. The average molecular weight is 371 g/mol. The number of hydrogen-bond donors (Lipinski definition) is 1. The van der Waals surface area contributed by atoms with Gasteiger partial charge in [0, 0.05) is 51.6 Å². The van der Waals surface area contributed by atoms with Gasteiger partial charge in [-0.05, 0) is 18.2 Å². The predicted molar refractivity (Wildman–Crippen MR) is 104 cm³/mol. The Morgan fingerprint density at radius 3 is 2.48 bits per heavy atom. The number of carbonyl (C=O) groups is 1. The molecule has 0 unspecified atom stereocenters. The van der Waals surface area contributed by atoms with E-state index in [-0.39, 0.29) is 18.0 Å². The lowest BCUT2D eigenvalue weighted by atomic mass is 10.2. The second-order valence-electron chi connectivity index (χ2n) is 6.34. The van der Waals surface area contributed by atoms with Crippen molar-refractivity contribution in [2.75, 3.05) is 56.2 Å². The third-order valence-electron chi connectivity index (χ3n) is 4.50. The van der Waals surface area contributed by atoms with Crippen molar-refractivity contribution >= 4 is 17.4 Å². The van der Waals surface area contributed by atoms with E-state index in [0.29, 0.717) is 19.0 Å². The zero-order valence-electron chi connectivity index (χ0n) is 15.5. The lowest BCUT2D eigenvalue weighted by Crippen LogP contribution is -2.47. The molecule has 1 amide bonds. The molecule has 0 atom stereocenters. The Hall–Kier alpha value is -2.87. The van der Waals surface area contributed by atoms with Crippen LogP contribution in [0.2, 0.25) is 0 Å². The summed E-state index contributed by atoms with van der Waals surface area (Å²) in [4.78, 5) is 28.4. The summed E-state index contributed by atoms with van der Waals surface area (Å²) in [5.74, 6) is 0.458. The number of carbonyl (C=O) groups excluding carboxylic acids is 1. The zero-order chi connectivity index (χ0) is 19.1. The molecule has 1 N–H and O–H groups in total. The molecule has 2 heterocycles. The number of benzene rings is 1. The van der Waals surface area contributed by atoms with Crippen LogP contribution < -0.4 is 20.7 Å². The standard InChI is InChI=1S/C19H25N5O3/c1-27-14-9-20-18(25)15-24-19(26)8-7-17(21-24)23-12-10-22(11-13-23)16-5-3-2-4-6-16/h2-8H,9-15H2,1H3,(H,20,25). The second-order valence-corrected chi connectivity index (χ2v) is 6.34. The number of para-hydroxylation sites is 1. The Morgan fingerprint density at radius 1 is 1.07 bits per heavy atom. The van der Waals surface area contributed by atoms with E-state index < -0.39 is 0 Å². The Labute approximate surface area is 158 Å². The summed E-state index contributed by atoms with van der Waals surface area (Å²) in [6, 6.07) is 13.5. The number of hydrogen-bond acceptors (Lipinski definition) is 6. The van der Waals surface area contributed by atoms with Crippen molar-refractivity contribution < 1.29 is 9.53 Å². The molecule has 144 valence electrons. The molecule has 1 aliphatic rings. The van der Waals surface area contributed by atoms with Crippen molar-refractivity contribution in [3.63, 3.8) is 0 Å². The van der Waals surface area contributed by atoms with Gasteiger partial charge >= 0.3 is 0 Å². The van der Waals surface area contributed by atoms with Gasteiger partial charge in [0.05, 0.1) is 6.61 Å². The fourth-order valence-electron chi connectivity index (χ4n) is 3.04. The monoisotopic (exact) mass is 371 g/mol. The number of rotatable bonds is 7. The third-order valence-corrected chi connectivity index (χ3v) is 4.50. The molecule has 0 aliphatic carbocycles. The van der Waals surface area contributed by atoms with Crippen LogP contribution in [0.1, 0.15) is 0 Å². The highest BCUT2D eigenvalue weighted by molar-refractivity contribution is 5.75. The van der Waals surface area contributed by atoms with Crippen LogP contribution in [0, 0.1) is 0 Å². The van der Waals surface area contributed by atoms with Gasteiger partial charge in [0.1, 0.15) is 12.4 Å². The number of piperazine rings is 1.